The molecular weight excluding hydrogens is 216 g/mol. The van der Waals surface area contributed by atoms with E-state index in [1.165, 1.54) is 4.88 Å². The summed E-state index contributed by atoms with van der Waals surface area (Å²) < 4.78 is 0. The first-order valence-corrected chi connectivity index (χ1v) is 6.33. The zero-order valence-corrected chi connectivity index (χ0v) is 10.1. The summed E-state index contributed by atoms with van der Waals surface area (Å²) in [6.45, 7) is 1.12. The summed E-state index contributed by atoms with van der Waals surface area (Å²) in [5.41, 5.74) is 2.55. The van der Waals surface area contributed by atoms with E-state index in [0.29, 0.717) is 0 Å². The van der Waals surface area contributed by atoms with Gasteiger partial charge in [0.1, 0.15) is 0 Å². The van der Waals surface area contributed by atoms with Crippen molar-refractivity contribution in [2.75, 3.05) is 31.8 Å². The number of nitrogens with one attached hydrogen (secondary N) is 1. The van der Waals surface area contributed by atoms with Crippen molar-refractivity contribution in [3.05, 3.63) is 11.1 Å². The number of rotatable bonds is 6. The molecule has 0 bridgehead atoms. The lowest BCUT2D eigenvalue weighted by Crippen LogP contribution is -2.14. The molecule has 1 aromatic rings. The molecule has 0 atom stereocenters. The van der Waals surface area contributed by atoms with Crippen LogP contribution in [0.5, 0.6) is 0 Å². The summed E-state index contributed by atoms with van der Waals surface area (Å²) in [6, 6.07) is 0. The van der Waals surface area contributed by atoms with Gasteiger partial charge in [-0.2, -0.15) is 11.8 Å². The van der Waals surface area contributed by atoms with Gasteiger partial charge in [0.2, 0.25) is 0 Å². The normalized spacial score (nSPS) is 10.9. The van der Waals surface area contributed by atoms with Gasteiger partial charge in [0.15, 0.2) is 5.13 Å². The number of hydrogen-bond donors (Lipinski definition) is 2. The van der Waals surface area contributed by atoms with Gasteiger partial charge in [0, 0.05) is 29.1 Å². The molecule has 6 heteroatoms. The first kappa shape index (κ1) is 11.8. The molecule has 0 amide bonds. The van der Waals surface area contributed by atoms with Crippen molar-refractivity contribution in [1.29, 1.82) is 0 Å². The van der Waals surface area contributed by atoms with Gasteiger partial charge in [-0.3, -0.25) is 5.43 Å². The number of thioether (sulfide) groups is 1. The Hall–Kier alpha value is -0.300. The first-order valence-electron chi connectivity index (χ1n) is 4.36. The van der Waals surface area contributed by atoms with Crippen LogP contribution in [0.4, 0.5) is 5.13 Å². The van der Waals surface area contributed by atoms with Crippen molar-refractivity contribution < 1.29 is 0 Å². The van der Waals surface area contributed by atoms with E-state index in [9.17, 15) is 0 Å². The van der Waals surface area contributed by atoms with Crippen LogP contribution in [0.25, 0.3) is 0 Å². The lowest BCUT2D eigenvalue weighted by molar-refractivity contribution is 0.437. The molecule has 3 N–H and O–H groups in total. The quantitative estimate of drug-likeness (QED) is 0.439. The summed E-state index contributed by atoms with van der Waals surface area (Å²) in [7, 11) is 4.17. The Kier molecular flexibility index (Phi) is 5.24. The molecule has 1 aromatic heterocycles. The number of hydrazine groups is 1. The maximum Gasteiger partial charge on any atom is 0.197 e. The van der Waals surface area contributed by atoms with Crippen molar-refractivity contribution in [2.24, 2.45) is 5.84 Å². The minimum Gasteiger partial charge on any atom is -0.309 e. The third kappa shape index (κ3) is 4.28. The highest BCUT2D eigenvalue weighted by Gasteiger charge is 2.00. The van der Waals surface area contributed by atoms with Crippen LogP contribution in [0.1, 0.15) is 4.88 Å². The molecule has 1 rings (SSSR count). The SMILES string of the molecule is CN(C)CCSCc1cnc(NN)s1. The van der Waals surface area contributed by atoms with Crippen LogP contribution >= 0.6 is 23.1 Å². The van der Waals surface area contributed by atoms with Gasteiger partial charge in [0.25, 0.3) is 0 Å². The predicted octanol–water partition coefficient (Wildman–Crippen LogP) is 1.22. The molecule has 0 fully saturated rings. The van der Waals surface area contributed by atoms with E-state index in [2.05, 4.69) is 29.4 Å². The van der Waals surface area contributed by atoms with Crippen LogP contribution in [0.15, 0.2) is 6.20 Å². The van der Waals surface area contributed by atoms with Crippen LogP contribution in [0.3, 0.4) is 0 Å². The Morgan fingerprint density at radius 1 is 1.64 bits per heavy atom. The minimum atomic E-state index is 0.785. The smallest absolute Gasteiger partial charge is 0.197 e. The second-order valence-electron chi connectivity index (χ2n) is 3.13. The van der Waals surface area contributed by atoms with E-state index < -0.39 is 0 Å². The monoisotopic (exact) mass is 232 g/mol. The maximum absolute atomic E-state index is 5.24. The number of nitrogens with two attached hydrogens (primary N) is 1. The highest BCUT2D eigenvalue weighted by molar-refractivity contribution is 7.98. The summed E-state index contributed by atoms with van der Waals surface area (Å²) in [6.07, 6.45) is 1.88. The Bertz CT molecular complexity index is 262. The average Bonchev–Trinajstić information content (AvgIpc) is 2.60. The zero-order chi connectivity index (χ0) is 10.4. The Balaban J connectivity index is 2.18. The van der Waals surface area contributed by atoms with E-state index in [1.807, 2.05) is 18.0 Å². The fraction of sp³-hybridized carbons (Fsp3) is 0.625. The minimum absolute atomic E-state index is 0.785. The maximum atomic E-state index is 5.24. The Morgan fingerprint density at radius 2 is 2.43 bits per heavy atom. The highest BCUT2D eigenvalue weighted by atomic mass is 32.2. The topological polar surface area (TPSA) is 54.2 Å². The van der Waals surface area contributed by atoms with Crippen LogP contribution in [-0.4, -0.2) is 36.3 Å². The molecule has 0 spiro atoms. The van der Waals surface area contributed by atoms with E-state index in [-0.39, 0.29) is 0 Å². The third-order valence-corrected chi connectivity index (χ3v) is 3.70. The van der Waals surface area contributed by atoms with Gasteiger partial charge >= 0.3 is 0 Å². The number of aromatic nitrogens is 1. The molecule has 0 unspecified atom stereocenters. The fourth-order valence-corrected chi connectivity index (χ4v) is 2.78. The number of hydrogen-bond acceptors (Lipinski definition) is 6. The van der Waals surface area contributed by atoms with Gasteiger partial charge in [-0.25, -0.2) is 10.8 Å². The van der Waals surface area contributed by atoms with Crippen molar-refractivity contribution in [2.45, 2.75) is 5.75 Å². The van der Waals surface area contributed by atoms with Crippen molar-refractivity contribution in [3.63, 3.8) is 0 Å². The first-order chi connectivity index (χ1) is 6.72. The standard InChI is InChI=1S/C8H16N4S2/c1-12(2)3-4-13-6-7-5-10-8(11-9)14-7/h5H,3-4,6,9H2,1-2H3,(H,10,11). The van der Waals surface area contributed by atoms with Gasteiger partial charge in [-0.1, -0.05) is 0 Å². The number of nitrogen functional groups attached to an aromatic ring is 1. The Labute approximate surface area is 92.9 Å². The molecule has 0 saturated heterocycles. The molecule has 14 heavy (non-hydrogen) atoms. The largest absolute Gasteiger partial charge is 0.309 e. The molecule has 80 valence electrons. The van der Waals surface area contributed by atoms with Gasteiger partial charge in [-0.05, 0) is 14.1 Å². The van der Waals surface area contributed by atoms with E-state index in [0.717, 1.165) is 23.2 Å². The molecule has 0 radical (unpaired) electrons. The molecular formula is C8H16N4S2. The van der Waals surface area contributed by atoms with Gasteiger partial charge in [-0.15, -0.1) is 11.3 Å². The van der Waals surface area contributed by atoms with E-state index in [1.54, 1.807) is 11.3 Å². The highest BCUT2D eigenvalue weighted by Crippen LogP contribution is 2.21. The molecule has 0 aliphatic carbocycles. The molecule has 4 nitrogen and oxygen atoms in total. The number of anilines is 1. The van der Waals surface area contributed by atoms with Crippen molar-refractivity contribution in [1.82, 2.24) is 9.88 Å². The van der Waals surface area contributed by atoms with Gasteiger partial charge in [0.05, 0.1) is 0 Å². The average molecular weight is 232 g/mol. The molecule has 0 saturated carbocycles. The predicted molar refractivity (Wildman–Crippen MR) is 64.6 cm³/mol. The van der Waals surface area contributed by atoms with Crippen molar-refractivity contribution in [3.8, 4) is 0 Å². The van der Waals surface area contributed by atoms with Crippen LogP contribution in [-0.2, 0) is 5.75 Å². The summed E-state index contributed by atoms with van der Waals surface area (Å²) in [5.74, 6) is 7.41. The van der Waals surface area contributed by atoms with Crippen molar-refractivity contribution >= 4 is 28.2 Å². The van der Waals surface area contributed by atoms with Gasteiger partial charge < -0.3 is 4.90 Å². The number of thiazole rings is 1. The second-order valence-corrected chi connectivity index (χ2v) is 5.35. The Morgan fingerprint density at radius 3 is 3.00 bits per heavy atom. The lowest BCUT2D eigenvalue weighted by Gasteiger charge is -2.07. The fourth-order valence-electron chi connectivity index (χ4n) is 0.861. The summed E-state index contributed by atoms with van der Waals surface area (Å²) in [5, 5.41) is 0.785. The van der Waals surface area contributed by atoms with Crippen LogP contribution in [0, 0.1) is 0 Å². The molecule has 0 aliphatic rings. The van der Waals surface area contributed by atoms with E-state index in [4.69, 9.17) is 5.84 Å². The summed E-state index contributed by atoms with van der Waals surface area (Å²) in [4.78, 5) is 7.56. The second kappa shape index (κ2) is 6.23. The number of nitrogens with zero attached hydrogens (tertiary/aromatic N) is 2. The van der Waals surface area contributed by atoms with E-state index >= 15 is 0 Å². The van der Waals surface area contributed by atoms with Crippen LogP contribution in [0.2, 0.25) is 0 Å². The molecule has 0 aromatic carbocycles. The molecule has 1 heterocycles. The zero-order valence-electron chi connectivity index (χ0n) is 8.49. The lowest BCUT2D eigenvalue weighted by atomic mass is 10.6. The third-order valence-electron chi connectivity index (χ3n) is 1.60. The molecule has 0 aliphatic heterocycles. The summed E-state index contributed by atoms with van der Waals surface area (Å²) >= 11 is 3.53. The van der Waals surface area contributed by atoms with Crippen LogP contribution < -0.4 is 11.3 Å².